The molecule has 0 saturated heterocycles. The van der Waals surface area contributed by atoms with Gasteiger partial charge in [0.05, 0.1) is 5.69 Å². The minimum absolute atomic E-state index is 0.176. The number of rotatable bonds is 7. The molecule has 1 unspecified atom stereocenters. The van der Waals surface area contributed by atoms with Crippen LogP contribution in [0.25, 0.3) is 0 Å². The number of aryl methyl sites for hydroxylation is 2. The molecule has 0 amide bonds. The minimum Gasteiger partial charge on any atom is -0.492 e. The predicted octanol–water partition coefficient (Wildman–Crippen LogP) is 4.20. The third-order valence-electron chi connectivity index (χ3n) is 6.22. The summed E-state index contributed by atoms with van der Waals surface area (Å²) >= 11 is 0. The molecule has 1 N–H and O–H groups in total. The maximum absolute atomic E-state index is 11.1. The molecule has 0 aliphatic carbocycles. The van der Waals surface area contributed by atoms with Crippen LogP contribution in [0.2, 0.25) is 0 Å². The molecule has 0 spiro atoms. The van der Waals surface area contributed by atoms with Gasteiger partial charge in [0.1, 0.15) is 30.3 Å². The molecule has 3 aromatic rings. The molecule has 170 valence electrons. The summed E-state index contributed by atoms with van der Waals surface area (Å²) in [5, 5.41) is 15.8. The lowest BCUT2D eigenvalue weighted by atomic mass is 9.94. The van der Waals surface area contributed by atoms with E-state index in [9.17, 15) is 5.11 Å². The van der Waals surface area contributed by atoms with E-state index in [1.54, 1.807) is 6.92 Å². The third-order valence-corrected chi connectivity index (χ3v) is 6.22. The minimum atomic E-state index is -1.11. The van der Waals surface area contributed by atoms with Gasteiger partial charge in [0.2, 0.25) is 0 Å². The van der Waals surface area contributed by atoms with Crippen molar-refractivity contribution >= 4 is 0 Å². The van der Waals surface area contributed by atoms with Crippen molar-refractivity contribution in [1.29, 1.82) is 0 Å². The fourth-order valence-corrected chi connectivity index (χ4v) is 4.24. The third kappa shape index (κ3) is 4.81. The Balaban J connectivity index is 1.51. The van der Waals surface area contributed by atoms with E-state index in [1.807, 2.05) is 42.5 Å². The van der Waals surface area contributed by atoms with E-state index in [1.165, 1.54) is 11.3 Å². The SMILES string of the molecule is CCn1nc(C)c(CN2CCOc3ccc(C(C)(O)COc4ccccc4)cc3C2)c1C. The van der Waals surface area contributed by atoms with Gasteiger partial charge in [-0.05, 0) is 57.5 Å². The van der Waals surface area contributed by atoms with Crippen molar-refractivity contribution in [3.63, 3.8) is 0 Å². The second kappa shape index (κ2) is 9.35. The molecule has 0 radical (unpaired) electrons. The van der Waals surface area contributed by atoms with Crippen LogP contribution in [-0.4, -0.2) is 39.5 Å². The molecule has 1 aromatic heterocycles. The van der Waals surface area contributed by atoms with E-state index in [2.05, 4.69) is 41.5 Å². The number of nitrogens with zero attached hydrogens (tertiary/aromatic N) is 3. The quantitative estimate of drug-likeness (QED) is 0.603. The van der Waals surface area contributed by atoms with Crippen LogP contribution in [0.15, 0.2) is 48.5 Å². The van der Waals surface area contributed by atoms with Gasteiger partial charge in [0, 0.05) is 43.0 Å². The summed E-state index contributed by atoms with van der Waals surface area (Å²) in [4.78, 5) is 2.39. The Hall–Kier alpha value is -2.83. The standard InChI is InChI=1S/C26H33N3O3/c1-5-29-20(3)24(19(2)27-29)17-28-13-14-31-25-12-11-22(15-21(25)16-28)26(4,30)18-32-23-9-7-6-8-10-23/h6-12,15,30H,5,13-14,16-18H2,1-4H3. The number of fused-ring (bicyclic) bond motifs is 1. The van der Waals surface area contributed by atoms with E-state index in [0.717, 1.165) is 54.5 Å². The molecule has 1 aliphatic heterocycles. The van der Waals surface area contributed by atoms with Gasteiger partial charge < -0.3 is 14.6 Å². The van der Waals surface area contributed by atoms with Crippen LogP contribution in [0.5, 0.6) is 11.5 Å². The van der Waals surface area contributed by atoms with Crippen molar-refractivity contribution < 1.29 is 14.6 Å². The Kier molecular flexibility index (Phi) is 6.53. The van der Waals surface area contributed by atoms with Gasteiger partial charge in [-0.25, -0.2) is 0 Å². The molecule has 1 atom stereocenters. The molecular formula is C26H33N3O3. The van der Waals surface area contributed by atoms with E-state index < -0.39 is 5.60 Å². The first-order chi connectivity index (χ1) is 15.4. The summed E-state index contributed by atoms with van der Waals surface area (Å²) in [6.45, 7) is 12.3. The van der Waals surface area contributed by atoms with Crippen molar-refractivity contribution in [1.82, 2.24) is 14.7 Å². The zero-order valence-electron chi connectivity index (χ0n) is 19.5. The van der Waals surface area contributed by atoms with Gasteiger partial charge in [0.15, 0.2) is 0 Å². The zero-order chi connectivity index (χ0) is 22.7. The summed E-state index contributed by atoms with van der Waals surface area (Å²) in [6, 6.07) is 15.5. The fraction of sp³-hybridized carbons (Fsp3) is 0.423. The lowest BCUT2D eigenvalue weighted by molar-refractivity contribution is 0.00748. The molecule has 6 nitrogen and oxygen atoms in total. The highest BCUT2D eigenvalue weighted by atomic mass is 16.5. The van der Waals surface area contributed by atoms with Gasteiger partial charge in [0.25, 0.3) is 0 Å². The lowest BCUT2D eigenvalue weighted by Gasteiger charge is -2.25. The second-order valence-corrected chi connectivity index (χ2v) is 8.72. The van der Waals surface area contributed by atoms with Crippen molar-refractivity contribution in [3.05, 3.63) is 76.6 Å². The zero-order valence-corrected chi connectivity index (χ0v) is 19.5. The van der Waals surface area contributed by atoms with Crippen LogP contribution in [0.3, 0.4) is 0 Å². The maximum atomic E-state index is 11.1. The molecule has 4 rings (SSSR count). The molecule has 0 bridgehead atoms. The Morgan fingerprint density at radius 3 is 2.66 bits per heavy atom. The average molecular weight is 436 g/mol. The lowest BCUT2D eigenvalue weighted by Crippen LogP contribution is -2.30. The molecule has 6 heteroatoms. The highest BCUT2D eigenvalue weighted by Gasteiger charge is 2.27. The monoisotopic (exact) mass is 435 g/mol. The topological polar surface area (TPSA) is 59.8 Å². The summed E-state index contributed by atoms with van der Waals surface area (Å²) in [5.74, 6) is 1.63. The van der Waals surface area contributed by atoms with Gasteiger partial charge in [-0.1, -0.05) is 24.3 Å². The summed E-state index contributed by atoms with van der Waals surface area (Å²) in [6.07, 6.45) is 0. The van der Waals surface area contributed by atoms with Crippen LogP contribution < -0.4 is 9.47 Å². The largest absolute Gasteiger partial charge is 0.492 e. The molecule has 32 heavy (non-hydrogen) atoms. The van der Waals surface area contributed by atoms with E-state index in [-0.39, 0.29) is 6.61 Å². The summed E-state index contributed by atoms with van der Waals surface area (Å²) < 4.78 is 13.9. The smallest absolute Gasteiger partial charge is 0.123 e. The Bertz CT molecular complexity index is 1060. The Labute approximate surface area is 190 Å². The van der Waals surface area contributed by atoms with Crippen LogP contribution in [0.1, 0.15) is 41.9 Å². The van der Waals surface area contributed by atoms with E-state index >= 15 is 0 Å². The summed E-state index contributed by atoms with van der Waals surface area (Å²) in [7, 11) is 0. The molecule has 2 heterocycles. The molecule has 2 aromatic carbocycles. The Morgan fingerprint density at radius 2 is 1.94 bits per heavy atom. The van der Waals surface area contributed by atoms with Crippen LogP contribution in [0.4, 0.5) is 0 Å². The van der Waals surface area contributed by atoms with Crippen LogP contribution in [0, 0.1) is 13.8 Å². The average Bonchev–Trinajstić information content (AvgIpc) is 2.95. The number of hydrogen-bond acceptors (Lipinski definition) is 5. The number of para-hydroxylation sites is 1. The number of ether oxygens (including phenoxy) is 2. The molecule has 0 fully saturated rings. The number of aromatic nitrogens is 2. The van der Waals surface area contributed by atoms with Gasteiger partial charge in [-0.15, -0.1) is 0 Å². The highest BCUT2D eigenvalue weighted by molar-refractivity contribution is 5.40. The molecule has 0 saturated carbocycles. The number of aliphatic hydroxyl groups is 1. The highest BCUT2D eigenvalue weighted by Crippen LogP contribution is 2.31. The van der Waals surface area contributed by atoms with Crippen LogP contribution >= 0.6 is 0 Å². The first-order valence-electron chi connectivity index (χ1n) is 11.3. The molecular weight excluding hydrogens is 402 g/mol. The second-order valence-electron chi connectivity index (χ2n) is 8.72. The van der Waals surface area contributed by atoms with Gasteiger partial charge >= 0.3 is 0 Å². The van der Waals surface area contributed by atoms with E-state index in [4.69, 9.17) is 9.47 Å². The molecule has 1 aliphatic rings. The fourth-order valence-electron chi connectivity index (χ4n) is 4.24. The van der Waals surface area contributed by atoms with Crippen molar-refractivity contribution in [2.45, 2.75) is 52.9 Å². The normalized spacial score (nSPS) is 16.0. The predicted molar refractivity (Wildman–Crippen MR) is 125 cm³/mol. The number of hydrogen-bond donors (Lipinski definition) is 1. The van der Waals surface area contributed by atoms with E-state index in [0.29, 0.717) is 6.61 Å². The summed E-state index contributed by atoms with van der Waals surface area (Å²) in [5.41, 5.74) is 4.39. The first kappa shape index (κ1) is 22.4. The van der Waals surface area contributed by atoms with Crippen molar-refractivity contribution in [2.24, 2.45) is 0 Å². The Morgan fingerprint density at radius 1 is 1.16 bits per heavy atom. The van der Waals surface area contributed by atoms with Gasteiger partial charge in [-0.2, -0.15) is 5.10 Å². The van der Waals surface area contributed by atoms with Crippen molar-refractivity contribution in [2.75, 3.05) is 19.8 Å². The van der Waals surface area contributed by atoms with Crippen molar-refractivity contribution in [3.8, 4) is 11.5 Å². The first-order valence-corrected chi connectivity index (χ1v) is 11.3. The van der Waals surface area contributed by atoms with Gasteiger partial charge in [-0.3, -0.25) is 9.58 Å². The number of benzene rings is 2. The van der Waals surface area contributed by atoms with Crippen LogP contribution in [-0.2, 0) is 25.2 Å². The maximum Gasteiger partial charge on any atom is 0.123 e.